The minimum absolute atomic E-state index is 0.889. The number of aryl methyl sites for hydroxylation is 2. The molecule has 0 spiro atoms. The van der Waals surface area contributed by atoms with Gasteiger partial charge in [-0.05, 0) is 42.2 Å². The molecule has 0 saturated carbocycles. The fourth-order valence-corrected chi connectivity index (χ4v) is 3.40. The van der Waals surface area contributed by atoms with Gasteiger partial charge in [-0.3, -0.25) is 4.99 Å². The van der Waals surface area contributed by atoms with E-state index in [0.29, 0.717) is 0 Å². The summed E-state index contributed by atoms with van der Waals surface area (Å²) in [7, 11) is 3.84. The fourth-order valence-electron chi connectivity index (χ4n) is 2.99. The molecular weight excluding hydrogens is 352 g/mol. The highest BCUT2D eigenvalue weighted by Crippen LogP contribution is 2.25. The van der Waals surface area contributed by atoms with Crippen molar-refractivity contribution in [2.75, 3.05) is 27.2 Å². The molecule has 0 amide bonds. The van der Waals surface area contributed by atoms with Gasteiger partial charge in [0.05, 0.1) is 13.7 Å². The van der Waals surface area contributed by atoms with Crippen molar-refractivity contribution in [3.05, 3.63) is 63.6 Å². The van der Waals surface area contributed by atoms with Crippen LogP contribution in [0, 0.1) is 0 Å². The quantitative estimate of drug-likeness (QED) is 0.793. The molecule has 0 saturated heterocycles. The Morgan fingerprint density at radius 3 is 2.65 bits per heavy atom. The van der Waals surface area contributed by atoms with Crippen LogP contribution in [0.2, 0.25) is 0 Å². The van der Waals surface area contributed by atoms with E-state index in [1.165, 1.54) is 16.7 Å². The van der Waals surface area contributed by atoms with Gasteiger partial charge < -0.3 is 9.64 Å². The van der Waals surface area contributed by atoms with Crippen LogP contribution in [0.5, 0.6) is 5.75 Å². The number of ether oxygens (including phenoxy) is 1. The number of aliphatic imine (C=N–C) groups is 1. The molecule has 0 unspecified atom stereocenters. The van der Waals surface area contributed by atoms with E-state index in [1.807, 2.05) is 12.1 Å². The largest absolute Gasteiger partial charge is 0.496 e. The lowest BCUT2D eigenvalue weighted by atomic mass is 9.98. The average Bonchev–Trinajstić information content (AvgIpc) is 2.99. The molecule has 0 N–H and O–H groups in total. The van der Waals surface area contributed by atoms with Crippen LogP contribution in [0.15, 0.2) is 51.9 Å². The number of methoxy groups -OCH3 is 1. The Bertz CT molecular complexity index is 727. The third-order valence-corrected chi connectivity index (χ3v) is 4.72. The van der Waals surface area contributed by atoms with Gasteiger partial charge >= 0.3 is 0 Å². The first-order valence-corrected chi connectivity index (χ1v) is 8.64. The van der Waals surface area contributed by atoms with Crippen LogP contribution in [0.25, 0.3) is 0 Å². The molecule has 2 aromatic carbocycles. The van der Waals surface area contributed by atoms with E-state index >= 15 is 0 Å². The zero-order valence-corrected chi connectivity index (χ0v) is 15.1. The van der Waals surface area contributed by atoms with Crippen molar-refractivity contribution in [2.24, 2.45) is 4.99 Å². The minimum Gasteiger partial charge on any atom is -0.496 e. The fraction of sp³-hybridized carbons (Fsp3) is 0.316. The van der Waals surface area contributed by atoms with Gasteiger partial charge in [-0.25, -0.2) is 0 Å². The van der Waals surface area contributed by atoms with Gasteiger partial charge in [0.25, 0.3) is 0 Å². The van der Waals surface area contributed by atoms with Crippen LogP contribution in [0.3, 0.4) is 0 Å². The second-order valence-electron chi connectivity index (χ2n) is 5.74. The molecule has 1 aliphatic rings. The SMILES string of the molecule is COc1ccc(Br)cc1CCc1ccccc1C1=NCCN1C. The summed E-state index contributed by atoms with van der Waals surface area (Å²) in [4.78, 5) is 6.90. The summed E-state index contributed by atoms with van der Waals surface area (Å²) in [6.45, 7) is 1.89. The van der Waals surface area contributed by atoms with Crippen LogP contribution in [-0.2, 0) is 12.8 Å². The highest BCUT2D eigenvalue weighted by molar-refractivity contribution is 9.10. The van der Waals surface area contributed by atoms with Crippen LogP contribution < -0.4 is 4.74 Å². The topological polar surface area (TPSA) is 24.8 Å². The van der Waals surface area contributed by atoms with E-state index in [4.69, 9.17) is 4.74 Å². The van der Waals surface area contributed by atoms with Gasteiger partial charge in [0.2, 0.25) is 0 Å². The zero-order valence-electron chi connectivity index (χ0n) is 13.6. The molecule has 0 fully saturated rings. The third-order valence-electron chi connectivity index (χ3n) is 4.22. The van der Waals surface area contributed by atoms with E-state index in [-0.39, 0.29) is 0 Å². The van der Waals surface area contributed by atoms with Crippen LogP contribution >= 0.6 is 15.9 Å². The lowest BCUT2D eigenvalue weighted by molar-refractivity contribution is 0.409. The summed E-state index contributed by atoms with van der Waals surface area (Å²) in [5.74, 6) is 2.06. The van der Waals surface area contributed by atoms with Gasteiger partial charge in [0, 0.05) is 23.6 Å². The number of hydrogen-bond acceptors (Lipinski definition) is 3. The molecule has 0 aliphatic carbocycles. The molecule has 0 atom stereocenters. The Morgan fingerprint density at radius 2 is 1.91 bits per heavy atom. The van der Waals surface area contributed by atoms with Crippen molar-refractivity contribution >= 4 is 21.8 Å². The molecule has 120 valence electrons. The van der Waals surface area contributed by atoms with Crippen LogP contribution in [0.4, 0.5) is 0 Å². The lowest BCUT2D eigenvalue weighted by Gasteiger charge is -2.17. The number of amidine groups is 1. The first-order chi connectivity index (χ1) is 11.2. The second kappa shape index (κ2) is 7.18. The number of rotatable bonds is 5. The maximum absolute atomic E-state index is 5.48. The van der Waals surface area contributed by atoms with E-state index in [0.717, 1.165) is 42.0 Å². The first-order valence-electron chi connectivity index (χ1n) is 7.85. The predicted octanol–water partition coefficient (Wildman–Crippen LogP) is 3.93. The van der Waals surface area contributed by atoms with Gasteiger partial charge in [0.1, 0.15) is 11.6 Å². The molecule has 2 aromatic rings. The number of likely N-dealkylation sites (N-methyl/N-ethyl adjacent to an activating group) is 1. The molecule has 0 radical (unpaired) electrons. The van der Waals surface area contributed by atoms with E-state index < -0.39 is 0 Å². The summed E-state index contributed by atoms with van der Waals surface area (Å²) in [5, 5.41) is 0. The second-order valence-corrected chi connectivity index (χ2v) is 6.66. The Hall–Kier alpha value is -1.81. The number of hydrogen-bond donors (Lipinski definition) is 0. The third kappa shape index (κ3) is 3.58. The molecule has 3 rings (SSSR count). The standard InChI is InChI=1S/C19H21BrN2O/c1-22-12-11-21-19(22)17-6-4-3-5-14(17)7-8-15-13-16(20)9-10-18(15)23-2/h3-6,9-10,13H,7-8,11-12H2,1-2H3. The normalized spacial score (nSPS) is 14.0. The molecule has 0 aromatic heterocycles. The van der Waals surface area contributed by atoms with Crippen molar-refractivity contribution in [3.63, 3.8) is 0 Å². The smallest absolute Gasteiger partial charge is 0.131 e. The Balaban J connectivity index is 1.83. The van der Waals surface area contributed by atoms with Crippen LogP contribution in [-0.4, -0.2) is 38.0 Å². The molecular formula is C19H21BrN2O. The molecule has 3 nitrogen and oxygen atoms in total. The lowest BCUT2D eigenvalue weighted by Crippen LogP contribution is -2.24. The van der Waals surface area contributed by atoms with Crippen molar-refractivity contribution < 1.29 is 4.74 Å². The molecule has 4 heteroatoms. The van der Waals surface area contributed by atoms with E-state index in [1.54, 1.807) is 7.11 Å². The minimum atomic E-state index is 0.889. The highest BCUT2D eigenvalue weighted by atomic mass is 79.9. The number of nitrogens with zero attached hydrogens (tertiary/aromatic N) is 2. The summed E-state index contributed by atoms with van der Waals surface area (Å²) in [6, 6.07) is 14.7. The molecule has 1 aliphatic heterocycles. The average molecular weight is 373 g/mol. The Labute approximate surface area is 146 Å². The summed E-state index contributed by atoms with van der Waals surface area (Å²) in [5.41, 5.74) is 3.81. The summed E-state index contributed by atoms with van der Waals surface area (Å²) in [6.07, 6.45) is 1.91. The molecule has 0 bridgehead atoms. The number of benzene rings is 2. The predicted molar refractivity (Wildman–Crippen MR) is 98.6 cm³/mol. The summed E-state index contributed by atoms with van der Waals surface area (Å²) < 4.78 is 6.57. The van der Waals surface area contributed by atoms with E-state index in [9.17, 15) is 0 Å². The van der Waals surface area contributed by atoms with Gasteiger partial charge in [-0.2, -0.15) is 0 Å². The van der Waals surface area contributed by atoms with Gasteiger partial charge in [-0.15, -0.1) is 0 Å². The molecule has 23 heavy (non-hydrogen) atoms. The Kier molecular flexibility index (Phi) is 5.01. The maximum Gasteiger partial charge on any atom is 0.131 e. The summed E-state index contributed by atoms with van der Waals surface area (Å²) >= 11 is 3.55. The van der Waals surface area contributed by atoms with Crippen molar-refractivity contribution in [2.45, 2.75) is 12.8 Å². The van der Waals surface area contributed by atoms with Crippen molar-refractivity contribution in [1.29, 1.82) is 0 Å². The maximum atomic E-state index is 5.48. The van der Waals surface area contributed by atoms with Gasteiger partial charge in [0.15, 0.2) is 0 Å². The highest BCUT2D eigenvalue weighted by Gasteiger charge is 2.17. The zero-order chi connectivity index (χ0) is 16.2. The molecule has 1 heterocycles. The number of halogens is 1. The van der Waals surface area contributed by atoms with E-state index in [2.05, 4.69) is 63.2 Å². The van der Waals surface area contributed by atoms with Crippen molar-refractivity contribution in [3.8, 4) is 5.75 Å². The first kappa shape index (κ1) is 16.1. The van der Waals surface area contributed by atoms with Crippen molar-refractivity contribution in [1.82, 2.24) is 4.90 Å². The van der Waals surface area contributed by atoms with Gasteiger partial charge in [-0.1, -0.05) is 40.2 Å². The van der Waals surface area contributed by atoms with Crippen LogP contribution in [0.1, 0.15) is 16.7 Å². The monoisotopic (exact) mass is 372 g/mol. The Morgan fingerprint density at radius 1 is 1.13 bits per heavy atom.